The largest absolute Gasteiger partial charge is 0.322 e. The molecule has 0 spiro atoms. The molecule has 0 saturated heterocycles. The molecule has 0 fully saturated rings. The molecule has 0 radical (unpaired) electrons. The Kier molecular flexibility index (Phi) is 3.69. The van der Waals surface area contributed by atoms with Crippen LogP contribution in [-0.2, 0) is 0 Å². The second kappa shape index (κ2) is 5.01. The average Bonchev–Trinajstić information content (AvgIpc) is 2.18. The summed E-state index contributed by atoms with van der Waals surface area (Å²) >= 11 is 0. The molecule has 0 aliphatic rings. The van der Waals surface area contributed by atoms with Crippen molar-refractivity contribution in [3.8, 4) is 12.3 Å². The summed E-state index contributed by atoms with van der Waals surface area (Å²) in [5, 5.41) is 2.52. The molecule has 1 N–H and O–H groups in total. The van der Waals surface area contributed by atoms with Gasteiger partial charge in [-0.2, -0.15) is 0 Å². The van der Waals surface area contributed by atoms with E-state index in [9.17, 15) is 9.18 Å². The first-order valence-corrected chi connectivity index (χ1v) is 4.34. The van der Waals surface area contributed by atoms with Gasteiger partial charge in [0.05, 0.1) is 6.54 Å². The molecule has 0 aliphatic carbocycles. The van der Waals surface area contributed by atoms with Gasteiger partial charge in [0, 0.05) is 12.7 Å². The standard InChI is InChI=1S/C11H11FN2O/c1-3-7-14(2)11(15)13-10-6-4-5-9(12)8-10/h1,4-6,8H,7H2,2H3,(H,13,15). The first-order valence-electron chi connectivity index (χ1n) is 4.34. The van der Waals surface area contributed by atoms with Gasteiger partial charge in [-0.1, -0.05) is 12.0 Å². The fourth-order valence-corrected chi connectivity index (χ4v) is 0.994. The molecule has 1 aromatic carbocycles. The van der Waals surface area contributed by atoms with Gasteiger partial charge in [0.25, 0.3) is 0 Å². The van der Waals surface area contributed by atoms with Gasteiger partial charge in [-0.05, 0) is 18.2 Å². The second-order valence-corrected chi connectivity index (χ2v) is 3.00. The number of hydrogen-bond acceptors (Lipinski definition) is 1. The average molecular weight is 206 g/mol. The molecular formula is C11H11FN2O. The van der Waals surface area contributed by atoms with Gasteiger partial charge < -0.3 is 10.2 Å². The van der Waals surface area contributed by atoms with Crippen molar-refractivity contribution in [3.63, 3.8) is 0 Å². The molecule has 0 aliphatic heterocycles. The minimum atomic E-state index is -0.396. The zero-order chi connectivity index (χ0) is 11.3. The van der Waals surface area contributed by atoms with Crippen molar-refractivity contribution in [2.24, 2.45) is 0 Å². The molecule has 15 heavy (non-hydrogen) atoms. The highest BCUT2D eigenvalue weighted by molar-refractivity contribution is 5.89. The van der Waals surface area contributed by atoms with Gasteiger partial charge in [0.1, 0.15) is 5.82 Å². The maximum Gasteiger partial charge on any atom is 0.322 e. The van der Waals surface area contributed by atoms with Gasteiger partial charge >= 0.3 is 6.03 Å². The Balaban J connectivity index is 2.63. The van der Waals surface area contributed by atoms with Gasteiger partial charge in [-0.15, -0.1) is 6.42 Å². The number of carbonyl (C=O) groups excluding carboxylic acids is 1. The highest BCUT2D eigenvalue weighted by Gasteiger charge is 2.06. The number of hydrogen-bond donors (Lipinski definition) is 1. The third-order valence-electron chi connectivity index (χ3n) is 1.75. The zero-order valence-corrected chi connectivity index (χ0v) is 8.33. The number of anilines is 1. The Labute approximate surface area is 87.9 Å². The van der Waals surface area contributed by atoms with Crippen molar-refractivity contribution in [1.82, 2.24) is 4.90 Å². The summed E-state index contributed by atoms with van der Waals surface area (Å²) < 4.78 is 12.8. The van der Waals surface area contributed by atoms with Gasteiger partial charge in [0.2, 0.25) is 0 Å². The number of carbonyl (C=O) groups is 1. The highest BCUT2D eigenvalue weighted by atomic mass is 19.1. The molecular weight excluding hydrogens is 195 g/mol. The van der Waals surface area contributed by atoms with Crippen LogP contribution in [0.2, 0.25) is 0 Å². The van der Waals surface area contributed by atoms with E-state index in [1.165, 1.54) is 23.1 Å². The van der Waals surface area contributed by atoms with E-state index in [0.717, 1.165) is 0 Å². The Morgan fingerprint density at radius 1 is 1.67 bits per heavy atom. The second-order valence-electron chi connectivity index (χ2n) is 3.00. The molecule has 78 valence electrons. The molecule has 3 nitrogen and oxygen atoms in total. The molecule has 0 atom stereocenters. The summed E-state index contributed by atoms with van der Waals surface area (Å²) in [5.74, 6) is 1.94. The maximum absolute atomic E-state index is 12.8. The lowest BCUT2D eigenvalue weighted by Crippen LogP contribution is -2.31. The van der Waals surface area contributed by atoms with Crippen LogP contribution in [0.15, 0.2) is 24.3 Å². The predicted octanol–water partition coefficient (Wildman–Crippen LogP) is 1.92. The van der Waals surface area contributed by atoms with Crippen LogP contribution in [-0.4, -0.2) is 24.5 Å². The van der Waals surface area contributed by atoms with Crippen molar-refractivity contribution in [2.75, 3.05) is 18.9 Å². The van der Waals surface area contributed by atoms with E-state index in [0.29, 0.717) is 5.69 Å². The van der Waals surface area contributed by atoms with Gasteiger partial charge in [0.15, 0.2) is 0 Å². The SMILES string of the molecule is C#CCN(C)C(=O)Nc1cccc(F)c1. The lowest BCUT2D eigenvalue weighted by Gasteiger charge is -2.14. The van der Waals surface area contributed by atoms with E-state index in [1.807, 2.05) is 0 Å². The Bertz CT molecular complexity index is 398. The smallest absolute Gasteiger partial charge is 0.316 e. The summed E-state index contributed by atoms with van der Waals surface area (Å²) in [7, 11) is 1.56. The minimum absolute atomic E-state index is 0.209. The summed E-state index contributed by atoms with van der Waals surface area (Å²) in [6.45, 7) is 0.209. The molecule has 0 heterocycles. The molecule has 4 heteroatoms. The van der Waals surface area contributed by atoms with Crippen molar-refractivity contribution in [3.05, 3.63) is 30.1 Å². The third-order valence-corrected chi connectivity index (χ3v) is 1.75. The van der Waals surface area contributed by atoms with Crippen LogP contribution in [0.3, 0.4) is 0 Å². The van der Waals surface area contributed by atoms with Gasteiger partial charge in [-0.3, -0.25) is 0 Å². The van der Waals surface area contributed by atoms with Crippen LogP contribution in [0.25, 0.3) is 0 Å². The van der Waals surface area contributed by atoms with Crippen LogP contribution in [0, 0.1) is 18.2 Å². The maximum atomic E-state index is 12.8. The molecule has 0 bridgehead atoms. The van der Waals surface area contributed by atoms with Crippen LogP contribution in [0.5, 0.6) is 0 Å². The molecule has 1 aromatic rings. The number of halogens is 1. The molecule has 2 amide bonds. The van der Waals surface area contributed by atoms with Crippen LogP contribution >= 0.6 is 0 Å². The van der Waals surface area contributed by atoms with E-state index in [2.05, 4.69) is 11.2 Å². The number of amides is 2. The van der Waals surface area contributed by atoms with Crippen molar-refractivity contribution in [2.45, 2.75) is 0 Å². The van der Waals surface area contributed by atoms with Crippen LogP contribution < -0.4 is 5.32 Å². The van der Waals surface area contributed by atoms with E-state index < -0.39 is 5.82 Å². The number of urea groups is 1. The quantitative estimate of drug-likeness (QED) is 0.737. The first-order chi connectivity index (χ1) is 7.13. The molecule has 1 rings (SSSR count). The first kappa shape index (κ1) is 11.1. The number of nitrogens with zero attached hydrogens (tertiary/aromatic N) is 1. The Morgan fingerprint density at radius 3 is 3.00 bits per heavy atom. The molecule has 0 saturated carbocycles. The minimum Gasteiger partial charge on any atom is -0.316 e. The zero-order valence-electron chi connectivity index (χ0n) is 8.33. The summed E-state index contributed by atoms with van der Waals surface area (Å²) in [6, 6.07) is 5.30. The number of terminal acetylenes is 1. The van der Waals surface area contributed by atoms with E-state index in [-0.39, 0.29) is 12.6 Å². The van der Waals surface area contributed by atoms with E-state index in [1.54, 1.807) is 13.1 Å². The molecule has 0 unspecified atom stereocenters. The predicted molar refractivity (Wildman–Crippen MR) is 56.9 cm³/mol. The van der Waals surface area contributed by atoms with Crippen molar-refractivity contribution in [1.29, 1.82) is 0 Å². The lowest BCUT2D eigenvalue weighted by molar-refractivity contribution is 0.227. The topological polar surface area (TPSA) is 32.3 Å². The van der Waals surface area contributed by atoms with Crippen LogP contribution in [0.1, 0.15) is 0 Å². The number of rotatable bonds is 2. The fraction of sp³-hybridized carbons (Fsp3) is 0.182. The summed E-state index contributed by atoms with van der Waals surface area (Å²) in [4.78, 5) is 12.7. The normalized spacial score (nSPS) is 9.13. The third kappa shape index (κ3) is 3.31. The Morgan fingerprint density at radius 2 is 2.40 bits per heavy atom. The number of nitrogens with one attached hydrogen (secondary N) is 1. The van der Waals surface area contributed by atoms with Gasteiger partial charge in [-0.25, -0.2) is 9.18 Å². The summed E-state index contributed by atoms with van der Waals surface area (Å²) in [5.41, 5.74) is 0.406. The Hall–Kier alpha value is -2.02. The number of benzene rings is 1. The fourth-order valence-electron chi connectivity index (χ4n) is 0.994. The van der Waals surface area contributed by atoms with Crippen molar-refractivity contribution < 1.29 is 9.18 Å². The lowest BCUT2D eigenvalue weighted by atomic mass is 10.3. The van der Waals surface area contributed by atoms with Crippen molar-refractivity contribution >= 4 is 11.7 Å². The monoisotopic (exact) mass is 206 g/mol. The van der Waals surface area contributed by atoms with Crippen LogP contribution in [0.4, 0.5) is 14.9 Å². The van der Waals surface area contributed by atoms with E-state index in [4.69, 9.17) is 6.42 Å². The molecule has 0 aromatic heterocycles. The summed E-state index contributed by atoms with van der Waals surface area (Å²) in [6.07, 6.45) is 5.05. The van der Waals surface area contributed by atoms with E-state index >= 15 is 0 Å². The highest BCUT2D eigenvalue weighted by Crippen LogP contribution is 2.09.